The number of pyridine rings is 2. The Morgan fingerprint density at radius 1 is 0.981 bits per heavy atom. The van der Waals surface area contributed by atoms with Gasteiger partial charge < -0.3 is 34.6 Å². The van der Waals surface area contributed by atoms with Crippen molar-refractivity contribution in [3.8, 4) is 22.8 Å². The van der Waals surface area contributed by atoms with E-state index < -0.39 is 11.6 Å². The molecule has 0 bridgehead atoms. The fourth-order valence-corrected chi connectivity index (χ4v) is 6.99. The third kappa shape index (κ3) is 7.33. The highest BCUT2D eigenvalue weighted by Gasteiger charge is 2.29. The minimum absolute atomic E-state index is 0.0214. The Bertz CT molecular complexity index is 2070. The van der Waals surface area contributed by atoms with Crippen molar-refractivity contribution in [1.82, 2.24) is 40.7 Å². The molecule has 276 valence electrons. The standard InChI is InChI=1S/C38H41F2N9O4/c1-52-32-17-27(39)21-42-37(32)46-13-15-47(16-14-46)38(51)31-19-30-28(25-6-7-33(41-20-25)53-23-24-4-5-24)18-29(35(40)36(30)44-31)26-3-2-10-48(22-26)34(50)8-11-49-12-9-43-45-49/h3,6-7,9,12,17-21,24,43-45H,2,4-5,8,10-11,13-16,22-23H2,1H3. The highest BCUT2D eigenvalue weighted by molar-refractivity contribution is 6.04. The van der Waals surface area contributed by atoms with Crippen LogP contribution in [0, 0.1) is 17.6 Å². The second kappa shape index (κ2) is 14.7. The van der Waals surface area contributed by atoms with Gasteiger partial charge in [0, 0.05) is 99.5 Å². The number of aromatic nitrogens is 3. The molecule has 0 spiro atoms. The summed E-state index contributed by atoms with van der Waals surface area (Å²) >= 11 is 0. The van der Waals surface area contributed by atoms with E-state index >= 15 is 4.39 Å². The van der Waals surface area contributed by atoms with E-state index in [0.717, 1.165) is 11.8 Å². The van der Waals surface area contributed by atoms with Crippen LogP contribution in [0.3, 0.4) is 0 Å². The van der Waals surface area contributed by atoms with Gasteiger partial charge in [0.05, 0.1) is 25.4 Å². The molecule has 2 amide bonds. The van der Waals surface area contributed by atoms with Gasteiger partial charge in [-0.1, -0.05) is 6.08 Å². The summed E-state index contributed by atoms with van der Waals surface area (Å²) in [7, 11) is 1.46. The number of hydrazine groups is 2. The number of piperazine rings is 1. The molecule has 0 atom stereocenters. The van der Waals surface area contributed by atoms with Gasteiger partial charge in [-0.05, 0) is 54.5 Å². The zero-order valence-electron chi connectivity index (χ0n) is 29.4. The molecule has 13 nitrogen and oxygen atoms in total. The number of ether oxygens (including phenoxy) is 2. The summed E-state index contributed by atoms with van der Waals surface area (Å²) in [6, 6.07) is 8.51. The third-order valence-corrected chi connectivity index (χ3v) is 10.1. The molecule has 3 aliphatic heterocycles. The van der Waals surface area contributed by atoms with Crippen LogP contribution in [0.5, 0.6) is 11.6 Å². The van der Waals surface area contributed by atoms with E-state index in [9.17, 15) is 14.0 Å². The molecule has 1 saturated carbocycles. The Kier molecular flexibility index (Phi) is 9.56. The minimum atomic E-state index is -0.492. The third-order valence-electron chi connectivity index (χ3n) is 10.1. The highest BCUT2D eigenvalue weighted by atomic mass is 19.1. The van der Waals surface area contributed by atoms with E-state index in [4.69, 9.17) is 9.47 Å². The smallest absolute Gasteiger partial charge is 0.270 e. The maximum Gasteiger partial charge on any atom is 0.270 e. The van der Waals surface area contributed by atoms with Crippen LogP contribution in [0.25, 0.3) is 27.6 Å². The number of nitrogens with one attached hydrogen (secondary N) is 3. The quantitative estimate of drug-likeness (QED) is 0.204. The Labute approximate surface area is 305 Å². The Balaban J connectivity index is 1.07. The van der Waals surface area contributed by atoms with Gasteiger partial charge in [0.2, 0.25) is 11.8 Å². The number of halogens is 2. The summed E-state index contributed by atoms with van der Waals surface area (Å²) in [5, 5.41) is 2.34. The summed E-state index contributed by atoms with van der Waals surface area (Å²) in [5.41, 5.74) is 8.77. The lowest BCUT2D eigenvalue weighted by atomic mass is 9.93. The number of fused-ring (bicyclic) bond motifs is 1. The molecular formula is C38H41F2N9O4. The van der Waals surface area contributed by atoms with Gasteiger partial charge in [-0.15, -0.1) is 5.53 Å². The van der Waals surface area contributed by atoms with Crippen LogP contribution >= 0.6 is 0 Å². The minimum Gasteiger partial charge on any atom is -0.493 e. The van der Waals surface area contributed by atoms with E-state index in [-0.39, 0.29) is 29.6 Å². The summed E-state index contributed by atoms with van der Waals surface area (Å²) in [6.07, 6.45) is 11.6. The number of rotatable bonds is 11. The SMILES string of the molecule is COc1cc(F)cnc1N1CCN(C(=O)c2cc3c(-c4ccc(OCC5CC5)nc4)cc(C4=CCCN(C(=O)CCN5C=CNN5)C4)c(F)c3[nH]2)CC1. The van der Waals surface area contributed by atoms with Gasteiger partial charge in [-0.25, -0.2) is 18.7 Å². The number of hydrogen-bond donors (Lipinski definition) is 3. The number of methoxy groups -OCH3 is 1. The summed E-state index contributed by atoms with van der Waals surface area (Å²) < 4.78 is 41.7. The number of nitrogens with zero attached hydrogens (tertiary/aromatic N) is 6. The second-order valence-electron chi connectivity index (χ2n) is 13.7. The van der Waals surface area contributed by atoms with Crippen molar-refractivity contribution in [3.05, 3.63) is 84.1 Å². The zero-order valence-corrected chi connectivity index (χ0v) is 29.4. The van der Waals surface area contributed by atoms with E-state index in [1.807, 2.05) is 29.3 Å². The van der Waals surface area contributed by atoms with Crippen LogP contribution in [0.2, 0.25) is 0 Å². The topological polar surface area (TPSA) is 131 Å². The molecule has 4 aliphatic rings. The predicted molar refractivity (Wildman–Crippen MR) is 194 cm³/mol. The van der Waals surface area contributed by atoms with Crippen LogP contribution in [0.1, 0.15) is 41.7 Å². The molecule has 8 rings (SSSR count). The first-order valence-electron chi connectivity index (χ1n) is 17.9. The van der Waals surface area contributed by atoms with Crippen LogP contribution in [-0.4, -0.2) is 101 Å². The van der Waals surface area contributed by atoms with Gasteiger partial charge in [0.15, 0.2) is 17.4 Å². The van der Waals surface area contributed by atoms with E-state index in [1.54, 1.807) is 39.3 Å². The zero-order chi connectivity index (χ0) is 36.5. The molecule has 1 aliphatic carbocycles. The van der Waals surface area contributed by atoms with Gasteiger partial charge >= 0.3 is 0 Å². The molecule has 6 heterocycles. The molecule has 1 saturated heterocycles. The number of carbonyl (C=O) groups excluding carboxylic acids is 2. The van der Waals surface area contributed by atoms with Crippen LogP contribution in [0.15, 0.2) is 61.2 Å². The fourth-order valence-electron chi connectivity index (χ4n) is 6.99. The van der Waals surface area contributed by atoms with Crippen molar-refractivity contribution in [2.45, 2.75) is 25.7 Å². The molecule has 1 aromatic carbocycles. The number of aromatic amines is 1. The van der Waals surface area contributed by atoms with E-state index in [1.165, 1.54) is 26.0 Å². The Morgan fingerprint density at radius 3 is 2.57 bits per heavy atom. The molecule has 3 aromatic heterocycles. The largest absolute Gasteiger partial charge is 0.493 e. The number of H-pyrrole nitrogens is 1. The summed E-state index contributed by atoms with van der Waals surface area (Å²) in [6.45, 7) is 3.59. The first-order chi connectivity index (χ1) is 25.8. The molecule has 53 heavy (non-hydrogen) atoms. The maximum atomic E-state index is 16.7. The van der Waals surface area contributed by atoms with Crippen molar-refractivity contribution in [2.24, 2.45) is 5.92 Å². The van der Waals surface area contributed by atoms with Gasteiger partial charge in [-0.2, -0.15) is 0 Å². The lowest BCUT2D eigenvalue weighted by Crippen LogP contribution is -2.49. The van der Waals surface area contributed by atoms with Crippen molar-refractivity contribution < 1.29 is 27.8 Å². The lowest BCUT2D eigenvalue weighted by molar-refractivity contribution is -0.131. The molecule has 0 unspecified atom stereocenters. The van der Waals surface area contributed by atoms with Crippen molar-refractivity contribution in [2.75, 3.05) is 64.4 Å². The first-order valence-corrected chi connectivity index (χ1v) is 17.9. The lowest BCUT2D eigenvalue weighted by Gasteiger charge is -2.35. The van der Waals surface area contributed by atoms with E-state index in [0.29, 0.717) is 104 Å². The number of anilines is 1. The van der Waals surface area contributed by atoms with Gasteiger partial charge in [0.1, 0.15) is 11.5 Å². The normalized spacial score (nSPS) is 17.3. The second-order valence-corrected chi connectivity index (χ2v) is 13.7. The Morgan fingerprint density at radius 2 is 1.83 bits per heavy atom. The maximum absolute atomic E-state index is 16.7. The van der Waals surface area contributed by atoms with Crippen LogP contribution in [0.4, 0.5) is 14.6 Å². The fraction of sp³-hybridized carbons (Fsp3) is 0.368. The molecule has 4 aromatic rings. The molecule has 0 radical (unpaired) electrons. The molecule has 3 N–H and O–H groups in total. The number of benzene rings is 1. The number of amides is 2. The van der Waals surface area contributed by atoms with Crippen LogP contribution < -0.4 is 25.3 Å². The number of hydrogen-bond acceptors (Lipinski definition) is 10. The van der Waals surface area contributed by atoms with Crippen LogP contribution in [-0.2, 0) is 4.79 Å². The summed E-state index contributed by atoms with van der Waals surface area (Å²) in [5.74, 6) is 0.678. The molecular weight excluding hydrogens is 684 g/mol. The molecule has 15 heteroatoms. The van der Waals surface area contributed by atoms with Crippen molar-refractivity contribution >= 4 is 34.1 Å². The van der Waals surface area contributed by atoms with E-state index in [2.05, 4.69) is 25.9 Å². The van der Waals surface area contributed by atoms with Gasteiger partial charge in [0.25, 0.3) is 5.91 Å². The Hall–Kier alpha value is -5.70. The first kappa shape index (κ1) is 34.4. The van der Waals surface area contributed by atoms with Crippen molar-refractivity contribution in [3.63, 3.8) is 0 Å². The average molecular weight is 726 g/mol. The molecule has 2 fully saturated rings. The summed E-state index contributed by atoms with van der Waals surface area (Å²) in [4.78, 5) is 44.5. The van der Waals surface area contributed by atoms with Gasteiger partial charge in [-0.3, -0.25) is 14.6 Å². The van der Waals surface area contributed by atoms with Crippen molar-refractivity contribution in [1.29, 1.82) is 0 Å². The number of carbonyl (C=O) groups is 2. The monoisotopic (exact) mass is 725 g/mol. The average Bonchev–Trinajstić information content (AvgIpc) is 3.66. The predicted octanol–water partition coefficient (Wildman–Crippen LogP) is 4.46. The highest BCUT2D eigenvalue weighted by Crippen LogP contribution is 2.38.